The van der Waals surface area contributed by atoms with E-state index >= 15 is 0 Å². The van der Waals surface area contributed by atoms with E-state index in [9.17, 15) is 20.1 Å². The van der Waals surface area contributed by atoms with Crippen molar-refractivity contribution < 1.29 is 20.1 Å². The standard InChI is InChI=1S/C26H47NO4/c1-3-5-7-9-11-12-14-16-18-20-25(30)24(22-28)27-26(31)21-23(29)19-17-15-13-10-8-6-4-2/h3,5,11-12,18,20,23-25,28-30H,4,6-10,13-17,19,21-22H2,1-2H3,(H,27,31)/b5-3+,12-11+,20-18+. The molecule has 0 aromatic carbocycles. The number of allylic oxidation sites excluding steroid dienone is 5. The molecule has 5 heteroatoms. The van der Waals surface area contributed by atoms with Crippen molar-refractivity contribution in [1.29, 1.82) is 0 Å². The van der Waals surface area contributed by atoms with E-state index in [0.717, 1.165) is 38.5 Å². The van der Waals surface area contributed by atoms with Gasteiger partial charge in [0, 0.05) is 0 Å². The first-order chi connectivity index (χ1) is 15.0. The predicted octanol–water partition coefficient (Wildman–Crippen LogP) is 4.97. The van der Waals surface area contributed by atoms with Gasteiger partial charge in [-0.2, -0.15) is 0 Å². The minimum absolute atomic E-state index is 0.000777. The van der Waals surface area contributed by atoms with Crippen LogP contribution in [0.1, 0.15) is 97.3 Å². The van der Waals surface area contributed by atoms with Gasteiger partial charge in [-0.25, -0.2) is 0 Å². The van der Waals surface area contributed by atoms with Gasteiger partial charge in [0.05, 0.1) is 31.3 Å². The molecular formula is C26H47NO4. The number of nitrogens with one attached hydrogen (secondary N) is 1. The zero-order chi connectivity index (χ0) is 23.2. The average molecular weight is 438 g/mol. The summed E-state index contributed by atoms with van der Waals surface area (Å²) in [4.78, 5) is 12.1. The van der Waals surface area contributed by atoms with Gasteiger partial charge in [-0.05, 0) is 39.0 Å². The monoisotopic (exact) mass is 437 g/mol. The van der Waals surface area contributed by atoms with Crippen molar-refractivity contribution >= 4 is 5.91 Å². The maximum absolute atomic E-state index is 12.1. The Kier molecular flexibility index (Phi) is 20.8. The summed E-state index contributed by atoms with van der Waals surface area (Å²) in [6, 6.07) is -0.758. The predicted molar refractivity (Wildman–Crippen MR) is 130 cm³/mol. The molecule has 3 unspecified atom stereocenters. The van der Waals surface area contributed by atoms with Crippen molar-refractivity contribution in [2.75, 3.05) is 6.61 Å². The summed E-state index contributed by atoms with van der Waals surface area (Å²) in [6.45, 7) is 3.86. The Bertz CT molecular complexity index is 502. The number of carbonyl (C=O) groups excluding carboxylic acids is 1. The largest absolute Gasteiger partial charge is 0.394 e. The van der Waals surface area contributed by atoms with Crippen molar-refractivity contribution in [2.45, 2.75) is 116 Å². The van der Waals surface area contributed by atoms with E-state index in [2.05, 4.69) is 30.5 Å². The average Bonchev–Trinajstić information content (AvgIpc) is 2.75. The van der Waals surface area contributed by atoms with Crippen LogP contribution in [0.15, 0.2) is 36.5 Å². The van der Waals surface area contributed by atoms with Crippen molar-refractivity contribution in [2.24, 2.45) is 0 Å². The van der Waals surface area contributed by atoms with Crippen LogP contribution in [0.2, 0.25) is 0 Å². The number of amides is 1. The Balaban J connectivity index is 4.01. The highest BCUT2D eigenvalue weighted by atomic mass is 16.3. The summed E-state index contributed by atoms with van der Waals surface area (Å²) >= 11 is 0. The molecule has 0 aliphatic rings. The lowest BCUT2D eigenvalue weighted by atomic mass is 10.0. The van der Waals surface area contributed by atoms with E-state index in [4.69, 9.17) is 0 Å². The fourth-order valence-corrected chi connectivity index (χ4v) is 3.31. The molecule has 5 nitrogen and oxygen atoms in total. The molecule has 180 valence electrons. The van der Waals surface area contributed by atoms with E-state index in [1.54, 1.807) is 6.08 Å². The second kappa shape index (κ2) is 21.8. The molecule has 3 atom stereocenters. The van der Waals surface area contributed by atoms with Gasteiger partial charge in [0.15, 0.2) is 0 Å². The van der Waals surface area contributed by atoms with Crippen LogP contribution >= 0.6 is 0 Å². The Hall–Kier alpha value is -1.43. The quantitative estimate of drug-likeness (QED) is 0.160. The van der Waals surface area contributed by atoms with Crippen LogP contribution in [0, 0.1) is 0 Å². The molecule has 0 aliphatic heterocycles. The lowest BCUT2D eigenvalue weighted by Crippen LogP contribution is -2.45. The summed E-state index contributed by atoms with van der Waals surface area (Å²) < 4.78 is 0. The molecule has 0 aromatic rings. The summed E-state index contributed by atoms with van der Waals surface area (Å²) in [5.74, 6) is -0.342. The fourth-order valence-electron chi connectivity index (χ4n) is 3.31. The zero-order valence-corrected chi connectivity index (χ0v) is 19.8. The number of carbonyl (C=O) groups is 1. The minimum atomic E-state index is -0.951. The molecule has 0 heterocycles. The molecule has 0 fully saturated rings. The SMILES string of the molecule is C/C=C/CC/C=C/CC/C=C/C(O)C(CO)NC(=O)CC(O)CCCCCCCCC. The first-order valence-electron chi connectivity index (χ1n) is 12.2. The van der Waals surface area contributed by atoms with Gasteiger partial charge in [-0.3, -0.25) is 4.79 Å². The van der Waals surface area contributed by atoms with E-state index in [0.29, 0.717) is 6.42 Å². The van der Waals surface area contributed by atoms with Gasteiger partial charge >= 0.3 is 0 Å². The van der Waals surface area contributed by atoms with Crippen LogP contribution in [-0.4, -0.2) is 46.1 Å². The lowest BCUT2D eigenvalue weighted by molar-refractivity contribution is -0.124. The molecule has 0 aliphatic carbocycles. The molecule has 4 N–H and O–H groups in total. The Morgan fingerprint density at radius 2 is 1.45 bits per heavy atom. The Morgan fingerprint density at radius 3 is 2.06 bits per heavy atom. The first kappa shape index (κ1) is 29.6. The number of aliphatic hydroxyl groups is 3. The molecule has 0 bridgehead atoms. The van der Waals surface area contributed by atoms with Crippen LogP contribution in [-0.2, 0) is 4.79 Å². The van der Waals surface area contributed by atoms with Gasteiger partial charge in [-0.1, -0.05) is 88.3 Å². The highest BCUT2D eigenvalue weighted by Gasteiger charge is 2.19. The van der Waals surface area contributed by atoms with Gasteiger partial charge in [-0.15, -0.1) is 0 Å². The zero-order valence-electron chi connectivity index (χ0n) is 19.8. The van der Waals surface area contributed by atoms with Crippen LogP contribution in [0.25, 0.3) is 0 Å². The smallest absolute Gasteiger partial charge is 0.222 e. The molecule has 31 heavy (non-hydrogen) atoms. The van der Waals surface area contributed by atoms with Crippen LogP contribution in [0.3, 0.4) is 0 Å². The summed E-state index contributed by atoms with van der Waals surface area (Å²) in [6.07, 6.45) is 22.9. The number of aliphatic hydroxyl groups excluding tert-OH is 3. The molecule has 0 saturated carbocycles. The Morgan fingerprint density at radius 1 is 0.871 bits per heavy atom. The van der Waals surface area contributed by atoms with Crippen LogP contribution in [0.5, 0.6) is 0 Å². The third kappa shape index (κ3) is 19.0. The lowest BCUT2D eigenvalue weighted by Gasteiger charge is -2.20. The number of hydrogen-bond acceptors (Lipinski definition) is 4. The molecule has 1 amide bonds. The van der Waals surface area contributed by atoms with E-state index in [1.165, 1.54) is 32.1 Å². The maximum atomic E-state index is 12.1. The fraction of sp³-hybridized carbons (Fsp3) is 0.731. The first-order valence-corrected chi connectivity index (χ1v) is 12.2. The molecule has 0 radical (unpaired) electrons. The molecular weight excluding hydrogens is 390 g/mol. The van der Waals surface area contributed by atoms with Gasteiger partial charge < -0.3 is 20.6 Å². The number of rotatable bonds is 20. The van der Waals surface area contributed by atoms with E-state index < -0.39 is 18.2 Å². The molecule has 0 spiro atoms. The normalized spacial score (nSPS) is 15.1. The summed E-state index contributed by atoms with van der Waals surface area (Å²) in [5.41, 5.74) is 0. The number of unbranched alkanes of at least 4 members (excludes halogenated alkanes) is 8. The topological polar surface area (TPSA) is 89.8 Å². The third-order valence-corrected chi connectivity index (χ3v) is 5.25. The second-order valence-corrected chi connectivity index (χ2v) is 8.24. The second-order valence-electron chi connectivity index (χ2n) is 8.24. The van der Waals surface area contributed by atoms with Gasteiger partial charge in [0.25, 0.3) is 0 Å². The van der Waals surface area contributed by atoms with Crippen molar-refractivity contribution in [3.8, 4) is 0 Å². The van der Waals surface area contributed by atoms with Crippen molar-refractivity contribution in [3.05, 3.63) is 36.5 Å². The van der Waals surface area contributed by atoms with Crippen LogP contribution < -0.4 is 5.32 Å². The minimum Gasteiger partial charge on any atom is -0.394 e. The molecule has 0 aromatic heterocycles. The molecule has 0 rings (SSSR count). The third-order valence-electron chi connectivity index (χ3n) is 5.25. The highest BCUT2D eigenvalue weighted by Crippen LogP contribution is 2.11. The molecule has 0 saturated heterocycles. The van der Waals surface area contributed by atoms with Crippen LogP contribution in [0.4, 0.5) is 0 Å². The van der Waals surface area contributed by atoms with E-state index in [-0.39, 0.29) is 18.9 Å². The van der Waals surface area contributed by atoms with Crippen molar-refractivity contribution in [1.82, 2.24) is 5.32 Å². The maximum Gasteiger partial charge on any atom is 0.222 e. The van der Waals surface area contributed by atoms with Gasteiger partial charge in [0.1, 0.15) is 0 Å². The van der Waals surface area contributed by atoms with E-state index in [1.807, 2.05) is 19.1 Å². The number of hydrogen-bond donors (Lipinski definition) is 4. The highest BCUT2D eigenvalue weighted by molar-refractivity contribution is 5.76. The summed E-state index contributed by atoms with van der Waals surface area (Å²) in [5, 5.41) is 32.4. The van der Waals surface area contributed by atoms with Gasteiger partial charge in [0.2, 0.25) is 5.91 Å². The van der Waals surface area contributed by atoms with Crippen molar-refractivity contribution in [3.63, 3.8) is 0 Å². The Labute approximate surface area is 190 Å². The summed E-state index contributed by atoms with van der Waals surface area (Å²) in [7, 11) is 0.